The van der Waals surface area contributed by atoms with E-state index < -0.39 is 17.6 Å². The van der Waals surface area contributed by atoms with Crippen LogP contribution in [0.1, 0.15) is 94.1 Å². The number of carbonyl (C=O) groups excluding carboxylic acids is 2. The Morgan fingerprint density at radius 3 is 2.36 bits per heavy atom. The zero-order valence-electron chi connectivity index (χ0n) is 25.0. The van der Waals surface area contributed by atoms with Crippen molar-refractivity contribution in [2.75, 3.05) is 36.4 Å². The molecule has 2 amide bonds. The van der Waals surface area contributed by atoms with E-state index >= 15 is 0 Å². The van der Waals surface area contributed by atoms with Crippen molar-refractivity contribution in [2.24, 2.45) is 5.73 Å². The van der Waals surface area contributed by atoms with E-state index in [0.29, 0.717) is 44.1 Å². The molecule has 3 fully saturated rings. The highest BCUT2D eigenvalue weighted by atomic mass is 16.6. The molecule has 1 saturated carbocycles. The van der Waals surface area contributed by atoms with Crippen LogP contribution in [0.3, 0.4) is 0 Å². The maximum atomic E-state index is 13.3. The molecule has 42 heavy (non-hydrogen) atoms. The minimum absolute atomic E-state index is 0.0100. The van der Waals surface area contributed by atoms with Crippen LogP contribution >= 0.6 is 0 Å². The van der Waals surface area contributed by atoms with Crippen molar-refractivity contribution < 1.29 is 19.0 Å². The zero-order valence-corrected chi connectivity index (χ0v) is 25.0. The first-order chi connectivity index (χ1) is 20.0. The molecule has 0 bridgehead atoms. The van der Waals surface area contributed by atoms with Gasteiger partial charge in [-0.2, -0.15) is 4.98 Å². The fraction of sp³-hybridized carbons (Fsp3) is 0.633. The first kappa shape index (κ1) is 30.0. The van der Waals surface area contributed by atoms with E-state index in [2.05, 4.69) is 37.9 Å². The standard InChI is InChI=1S/C30H44N8O4/c1-30(2,3)42-29(40)33-23-7-6-16-37(19-23)28-34-27(25(26(31)39)35-36-28)32-22-12-10-20(11-13-22)21-14-17-38(41,18-15-21)24-8-4-5-9-24/h10-13,21,23-24H,4-9,14-19H2,1-3H3,(H2,31,39)(H,33,40)(H,32,34,36). The summed E-state index contributed by atoms with van der Waals surface area (Å²) in [5.41, 5.74) is 6.92. The molecule has 1 aromatic carbocycles. The van der Waals surface area contributed by atoms with Crippen molar-refractivity contribution in [3.8, 4) is 0 Å². The largest absolute Gasteiger partial charge is 0.633 e. The van der Waals surface area contributed by atoms with E-state index in [9.17, 15) is 14.8 Å². The Hall–Kier alpha value is -3.51. The van der Waals surface area contributed by atoms with Gasteiger partial charge in [0.15, 0.2) is 11.5 Å². The fourth-order valence-corrected chi connectivity index (χ4v) is 6.51. The van der Waals surface area contributed by atoms with E-state index in [-0.39, 0.29) is 22.2 Å². The lowest BCUT2D eigenvalue weighted by Gasteiger charge is -2.51. The molecule has 12 heteroatoms. The van der Waals surface area contributed by atoms with Gasteiger partial charge in [0, 0.05) is 37.7 Å². The van der Waals surface area contributed by atoms with Crippen molar-refractivity contribution in [1.29, 1.82) is 0 Å². The summed E-state index contributed by atoms with van der Waals surface area (Å²) in [5.74, 6) is 0.214. The number of primary amides is 1. The molecule has 1 aromatic heterocycles. The number of quaternary nitrogens is 1. The Bertz CT molecular complexity index is 1250. The summed E-state index contributed by atoms with van der Waals surface area (Å²) in [7, 11) is 0. The quantitative estimate of drug-likeness (QED) is 0.320. The van der Waals surface area contributed by atoms with Gasteiger partial charge in [-0.3, -0.25) is 4.79 Å². The Balaban J connectivity index is 1.23. The molecule has 1 unspecified atom stereocenters. The second-order valence-corrected chi connectivity index (χ2v) is 13.0. The summed E-state index contributed by atoms with van der Waals surface area (Å²) in [6.45, 7) is 8.03. The Kier molecular flexibility index (Phi) is 8.84. The smallest absolute Gasteiger partial charge is 0.407 e. The Morgan fingerprint density at radius 2 is 1.71 bits per heavy atom. The number of amides is 2. The third kappa shape index (κ3) is 7.27. The number of likely N-dealkylation sites (tertiary alicyclic amines) is 1. The van der Waals surface area contributed by atoms with E-state index in [4.69, 9.17) is 10.5 Å². The van der Waals surface area contributed by atoms with Gasteiger partial charge in [-0.05, 0) is 82.9 Å². The lowest BCUT2D eigenvalue weighted by atomic mass is 9.88. The number of alkyl carbamates (subject to hydrolysis) is 1. The van der Waals surface area contributed by atoms with Crippen molar-refractivity contribution in [3.63, 3.8) is 0 Å². The number of nitrogens with two attached hydrogens (primary N) is 1. The molecule has 4 N–H and O–H groups in total. The van der Waals surface area contributed by atoms with Crippen LogP contribution in [0.25, 0.3) is 0 Å². The number of nitrogens with one attached hydrogen (secondary N) is 2. The first-order valence-electron chi connectivity index (χ1n) is 15.2. The molecule has 2 aliphatic heterocycles. The van der Waals surface area contributed by atoms with Crippen molar-refractivity contribution in [3.05, 3.63) is 40.7 Å². The molecular formula is C30H44N8O4. The summed E-state index contributed by atoms with van der Waals surface area (Å²) in [5, 5.41) is 27.7. The van der Waals surface area contributed by atoms with Crippen LogP contribution in [-0.2, 0) is 4.74 Å². The van der Waals surface area contributed by atoms with Crippen LogP contribution < -0.4 is 21.3 Å². The number of hydrogen-bond acceptors (Lipinski definition) is 9. The van der Waals surface area contributed by atoms with Gasteiger partial charge < -0.3 is 35.9 Å². The maximum absolute atomic E-state index is 13.3. The highest BCUT2D eigenvalue weighted by Gasteiger charge is 2.36. The predicted molar refractivity (Wildman–Crippen MR) is 160 cm³/mol. The topological polar surface area (TPSA) is 158 Å². The molecular weight excluding hydrogens is 536 g/mol. The Morgan fingerprint density at radius 1 is 1.02 bits per heavy atom. The summed E-state index contributed by atoms with van der Waals surface area (Å²) in [6, 6.07) is 8.21. The van der Waals surface area contributed by atoms with E-state index in [1.54, 1.807) is 0 Å². The average Bonchev–Trinajstić information content (AvgIpc) is 3.49. The van der Waals surface area contributed by atoms with Crippen molar-refractivity contribution >= 4 is 29.5 Å². The van der Waals surface area contributed by atoms with Gasteiger partial charge in [-0.1, -0.05) is 12.1 Å². The number of anilines is 3. The highest BCUT2D eigenvalue weighted by molar-refractivity contribution is 5.96. The van der Waals surface area contributed by atoms with Gasteiger partial charge in [0.05, 0.1) is 19.1 Å². The third-order valence-electron chi connectivity index (χ3n) is 8.68. The maximum Gasteiger partial charge on any atom is 0.407 e. The van der Waals surface area contributed by atoms with Crippen molar-refractivity contribution in [1.82, 2.24) is 20.5 Å². The number of carbonyl (C=O) groups is 2. The second kappa shape index (κ2) is 12.4. The zero-order chi connectivity index (χ0) is 29.9. The number of ether oxygens (including phenoxy) is 1. The second-order valence-electron chi connectivity index (χ2n) is 13.0. The van der Waals surface area contributed by atoms with Crippen LogP contribution in [0.2, 0.25) is 0 Å². The molecule has 2 saturated heterocycles. The molecule has 1 aliphatic carbocycles. The molecule has 12 nitrogen and oxygen atoms in total. The number of benzene rings is 1. The van der Waals surface area contributed by atoms with E-state index in [0.717, 1.165) is 44.2 Å². The van der Waals surface area contributed by atoms with Gasteiger partial charge >= 0.3 is 6.09 Å². The molecule has 2 aromatic rings. The number of aromatic nitrogens is 3. The number of nitrogens with zero attached hydrogens (tertiary/aromatic N) is 5. The molecule has 228 valence electrons. The van der Waals surface area contributed by atoms with Crippen LogP contribution in [0.5, 0.6) is 0 Å². The van der Waals surface area contributed by atoms with E-state index in [1.165, 1.54) is 18.4 Å². The third-order valence-corrected chi connectivity index (χ3v) is 8.68. The van der Waals surface area contributed by atoms with E-state index in [1.807, 2.05) is 37.8 Å². The monoisotopic (exact) mass is 580 g/mol. The summed E-state index contributed by atoms with van der Waals surface area (Å²) >= 11 is 0. The summed E-state index contributed by atoms with van der Waals surface area (Å²) < 4.78 is 5.39. The van der Waals surface area contributed by atoms with Crippen LogP contribution in [-0.4, -0.2) is 75.7 Å². The van der Waals surface area contributed by atoms with Gasteiger partial charge in [0.1, 0.15) is 5.60 Å². The van der Waals surface area contributed by atoms with Crippen LogP contribution in [0.15, 0.2) is 24.3 Å². The molecule has 5 rings (SSSR count). The number of hydroxylamine groups is 3. The van der Waals surface area contributed by atoms with Crippen molar-refractivity contribution in [2.45, 2.75) is 95.7 Å². The average molecular weight is 581 g/mol. The minimum atomic E-state index is -0.729. The summed E-state index contributed by atoms with van der Waals surface area (Å²) in [4.78, 5) is 31.0. The minimum Gasteiger partial charge on any atom is -0.633 e. The normalized spacial score (nSPS) is 25.2. The summed E-state index contributed by atoms with van der Waals surface area (Å²) in [6.07, 6.45) is 7.48. The molecule has 1 atom stereocenters. The van der Waals surface area contributed by atoms with Gasteiger partial charge in [-0.25, -0.2) is 4.79 Å². The van der Waals surface area contributed by atoms with Crippen LogP contribution in [0, 0.1) is 5.21 Å². The van der Waals surface area contributed by atoms with Gasteiger partial charge in [0.25, 0.3) is 5.91 Å². The van der Waals surface area contributed by atoms with Gasteiger partial charge in [0.2, 0.25) is 5.95 Å². The first-order valence-corrected chi connectivity index (χ1v) is 15.2. The lowest BCUT2D eigenvalue weighted by Crippen LogP contribution is -2.53. The van der Waals surface area contributed by atoms with Gasteiger partial charge in [-0.15, -0.1) is 10.2 Å². The molecule has 3 heterocycles. The number of hydrogen-bond donors (Lipinski definition) is 3. The number of rotatable bonds is 7. The van der Waals surface area contributed by atoms with Crippen LogP contribution in [0.4, 0.5) is 22.2 Å². The molecule has 0 spiro atoms. The number of piperidine rings is 2. The predicted octanol–water partition coefficient (Wildman–Crippen LogP) is 4.34. The molecule has 0 radical (unpaired) electrons. The fourth-order valence-electron chi connectivity index (χ4n) is 6.51. The lowest BCUT2D eigenvalue weighted by molar-refractivity contribution is -0.909. The Labute approximate surface area is 247 Å². The highest BCUT2D eigenvalue weighted by Crippen LogP contribution is 2.37. The SMILES string of the molecule is CC(C)(C)OC(=O)NC1CCCN(c2nnc(C(N)=O)c(Nc3ccc(C4CC[N+]([O-])(C5CCCC5)CC4)cc3)n2)C1. The molecule has 3 aliphatic rings.